The van der Waals surface area contributed by atoms with Crippen LogP contribution in [0.5, 0.6) is 0 Å². The fraction of sp³-hybridized carbons (Fsp3) is 0.273. The van der Waals surface area contributed by atoms with Gasteiger partial charge in [0.15, 0.2) is 11.4 Å². The van der Waals surface area contributed by atoms with Gasteiger partial charge < -0.3 is 9.80 Å². The summed E-state index contributed by atoms with van der Waals surface area (Å²) in [6.45, 7) is 11.7. The molecular weight excluding hydrogens is 366 g/mol. The molecule has 3 aromatic rings. The maximum atomic E-state index is 13.2. The molecule has 1 amide bonds. The summed E-state index contributed by atoms with van der Waals surface area (Å²) >= 11 is 0. The Bertz CT molecular complexity index is 1200. The van der Waals surface area contributed by atoms with Gasteiger partial charge in [-0.05, 0) is 25.1 Å². The summed E-state index contributed by atoms with van der Waals surface area (Å²) < 4.78 is 1.23. The molecule has 2 aromatic carbocycles. The smallest absolute Gasteiger partial charge is 0.275 e. The molecule has 0 saturated carbocycles. The van der Waals surface area contributed by atoms with E-state index in [1.54, 1.807) is 30.1 Å². The SMILES string of the molecule is [C-]#[N+]c1cc(C)cc(N2CCN(C(=O)c3nn(C)c(=O)c4ccccc34)CC2)c1. The molecule has 1 aromatic heterocycles. The van der Waals surface area contributed by atoms with Crippen molar-refractivity contribution in [3.8, 4) is 0 Å². The first-order valence-electron chi connectivity index (χ1n) is 9.47. The van der Waals surface area contributed by atoms with Gasteiger partial charge in [-0.1, -0.05) is 29.8 Å². The number of benzene rings is 2. The molecule has 0 radical (unpaired) electrons. The molecule has 29 heavy (non-hydrogen) atoms. The van der Waals surface area contributed by atoms with E-state index in [4.69, 9.17) is 6.57 Å². The number of anilines is 1. The molecular formula is C22H21N5O2. The normalized spacial score (nSPS) is 14.1. The third-order valence-electron chi connectivity index (χ3n) is 5.27. The first-order valence-corrected chi connectivity index (χ1v) is 9.47. The van der Waals surface area contributed by atoms with Crippen molar-refractivity contribution in [2.45, 2.75) is 6.92 Å². The standard InChI is InChI=1S/C22H21N5O2/c1-15-12-16(23-2)14-17(13-15)26-8-10-27(11-9-26)22(29)20-18-6-4-5-7-19(18)21(28)25(3)24-20/h4-7,12-14H,8-11H2,1,3H3. The minimum atomic E-state index is -0.211. The maximum absolute atomic E-state index is 13.2. The number of fused-ring (bicyclic) bond motifs is 1. The summed E-state index contributed by atoms with van der Waals surface area (Å²) in [5, 5.41) is 5.34. The largest absolute Gasteiger partial charge is 0.369 e. The zero-order valence-corrected chi connectivity index (χ0v) is 16.4. The average molecular weight is 387 g/mol. The Morgan fingerprint density at radius 1 is 1.07 bits per heavy atom. The fourth-order valence-electron chi connectivity index (χ4n) is 3.77. The number of aryl methyl sites for hydroxylation is 2. The van der Waals surface area contributed by atoms with Crippen LogP contribution in [0.15, 0.2) is 47.3 Å². The van der Waals surface area contributed by atoms with Gasteiger partial charge in [0.05, 0.1) is 12.0 Å². The highest BCUT2D eigenvalue weighted by atomic mass is 16.2. The lowest BCUT2D eigenvalue weighted by Crippen LogP contribution is -2.49. The summed E-state index contributed by atoms with van der Waals surface area (Å²) in [4.78, 5) is 33.0. The number of carbonyl (C=O) groups excluding carboxylic acids is 1. The van der Waals surface area contributed by atoms with E-state index < -0.39 is 0 Å². The van der Waals surface area contributed by atoms with E-state index in [9.17, 15) is 9.59 Å². The van der Waals surface area contributed by atoms with Gasteiger partial charge >= 0.3 is 0 Å². The first-order chi connectivity index (χ1) is 14.0. The van der Waals surface area contributed by atoms with Crippen LogP contribution in [0.3, 0.4) is 0 Å². The first kappa shape index (κ1) is 18.7. The summed E-state index contributed by atoms with van der Waals surface area (Å²) in [6.07, 6.45) is 0. The second-order valence-corrected chi connectivity index (χ2v) is 7.24. The molecule has 0 unspecified atom stereocenters. The number of carbonyl (C=O) groups is 1. The molecule has 1 saturated heterocycles. The molecule has 4 rings (SSSR count). The molecule has 1 aliphatic rings. The van der Waals surface area contributed by atoms with Crippen molar-refractivity contribution in [1.82, 2.24) is 14.7 Å². The average Bonchev–Trinajstić information content (AvgIpc) is 2.75. The van der Waals surface area contributed by atoms with Gasteiger partial charge in [0.25, 0.3) is 11.5 Å². The number of hydrogen-bond acceptors (Lipinski definition) is 4. The molecule has 0 bridgehead atoms. The molecule has 0 aliphatic carbocycles. The van der Waals surface area contributed by atoms with E-state index in [0.29, 0.717) is 48.3 Å². The quantitative estimate of drug-likeness (QED) is 0.635. The van der Waals surface area contributed by atoms with Crippen molar-refractivity contribution in [1.29, 1.82) is 0 Å². The van der Waals surface area contributed by atoms with Crippen molar-refractivity contribution in [2.75, 3.05) is 31.1 Å². The van der Waals surface area contributed by atoms with Crippen molar-refractivity contribution in [2.24, 2.45) is 7.05 Å². The second-order valence-electron chi connectivity index (χ2n) is 7.24. The predicted octanol–water partition coefficient (Wildman–Crippen LogP) is 2.76. The van der Waals surface area contributed by atoms with Crippen LogP contribution in [-0.4, -0.2) is 46.8 Å². The van der Waals surface area contributed by atoms with Crippen LogP contribution in [0.2, 0.25) is 0 Å². The van der Waals surface area contributed by atoms with Crippen molar-refractivity contribution in [3.63, 3.8) is 0 Å². The molecule has 2 heterocycles. The number of piperazine rings is 1. The zero-order chi connectivity index (χ0) is 20.5. The fourth-order valence-corrected chi connectivity index (χ4v) is 3.77. The van der Waals surface area contributed by atoms with Crippen molar-refractivity contribution < 1.29 is 4.79 Å². The number of amides is 1. The lowest BCUT2D eigenvalue weighted by atomic mass is 10.1. The lowest BCUT2D eigenvalue weighted by Gasteiger charge is -2.36. The van der Waals surface area contributed by atoms with Gasteiger partial charge in [-0.15, -0.1) is 0 Å². The molecule has 0 N–H and O–H groups in total. The molecule has 7 nitrogen and oxygen atoms in total. The second kappa shape index (κ2) is 7.40. The minimum absolute atomic E-state index is 0.164. The summed E-state index contributed by atoms with van der Waals surface area (Å²) in [7, 11) is 1.57. The molecule has 1 aliphatic heterocycles. The summed E-state index contributed by atoms with van der Waals surface area (Å²) in [5.74, 6) is -0.164. The number of nitrogens with zero attached hydrogens (tertiary/aromatic N) is 5. The maximum Gasteiger partial charge on any atom is 0.275 e. The van der Waals surface area contributed by atoms with Crippen molar-refractivity contribution >= 4 is 28.1 Å². The van der Waals surface area contributed by atoms with Crippen LogP contribution < -0.4 is 10.5 Å². The molecule has 146 valence electrons. The van der Waals surface area contributed by atoms with Gasteiger partial charge in [-0.2, -0.15) is 5.10 Å². The van der Waals surface area contributed by atoms with E-state index in [1.165, 1.54) is 4.68 Å². The van der Waals surface area contributed by atoms with Gasteiger partial charge in [0, 0.05) is 44.3 Å². The Kier molecular flexibility index (Phi) is 4.77. The Morgan fingerprint density at radius 2 is 1.76 bits per heavy atom. The van der Waals surface area contributed by atoms with Crippen LogP contribution in [0.4, 0.5) is 11.4 Å². The highest BCUT2D eigenvalue weighted by Gasteiger charge is 2.25. The molecule has 0 spiro atoms. The molecule has 0 atom stereocenters. The number of rotatable bonds is 2. The van der Waals surface area contributed by atoms with E-state index in [-0.39, 0.29) is 11.5 Å². The Morgan fingerprint density at radius 3 is 2.45 bits per heavy atom. The number of hydrogen-bond donors (Lipinski definition) is 0. The Balaban J connectivity index is 1.57. The number of aromatic nitrogens is 2. The Hall–Kier alpha value is -3.66. The zero-order valence-electron chi connectivity index (χ0n) is 16.4. The lowest BCUT2D eigenvalue weighted by molar-refractivity contribution is 0.0740. The highest BCUT2D eigenvalue weighted by Crippen LogP contribution is 2.25. The van der Waals surface area contributed by atoms with Gasteiger partial charge in [-0.3, -0.25) is 9.59 Å². The topological polar surface area (TPSA) is 62.8 Å². The van der Waals surface area contributed by atoms with Crippen LogP contribution in [-0.2, 0) is 7.05 Å². The van der Waals surface area contributed by atoms with Crippen LogP contribution in [0, 0.1) is 13.5 Å². The van der Waals surface area contributed by atoms with E-state index in [0.717, 1.165) is 11.3 Å². The van der Waals surface area contributed by atoms with Crippen molar-refractivity contribution in [3.05, 3.63) is 75.5 Å². The van der Waals surface area contributed by atoms with Gasteiger partial charge in [-0.25, -0.2) is 9.53 Å². The monoisotopic (exact) mass is 387 g/mol. The van der Waals surface area contributed by atoms with Gasteiger partial charge in [0.2, 0.25) is 0 Å². The third kappa shape index (κ3) is 3.45. The molecule has 1 fully saturated rings. The van der Waals surface area contributed by atoms with E-state index in [2.05, 4.69) is 20.9 Å². The summed E-state index contributed by atoms with van der Waals surface area (Å²) in [6, 6.07) is 12.9. The van der Waals surface area contributed by atoms with E-state index >= 15 is 0 Å². The predicted molar refractivity (Wildman–Crippen MR) is 113 cm³/mol. The van der Waals surface area contributed by atoms with Gasteiger partial charge in [0.1, 0.15) is 0 Å². The highest BCUT2D eigenvalue weighted by molar-refractivity contribution is 6.04. The summed E-state index contributed by atoms with van der Waals surface area (Å²) in [5.41, 5.74) is 2.78. The van der Waals surface area contributed by atoms with E-state index in [1.807, 2.05) is 25.1 Å². The van der Waals surface area contributed by atoms with Crippen LogP contribution in [0.1, 0.15) is 16.1 Å². The minimum Gasteiger partial charge on any atom is -0.369 e. The Labute approximate surface area is 168 Å². The van der Waals surface area contributed by atoms with Crippen LogP contribution >= 0.6 is 0 Å². The van der Waals surface area contributed by atoms with Crippen LogP contribution in [0.25, 0.3) is 15.6 Å². The molecule has 7 heteroatoms. The third-order valence-corrected chi connectivity index (χ3v) is 5.27.